The van der Waals surface area contributed by atoms with Gasteiger partial charge in [0.1, 0.15) is 17.2 Å². The molecule has 0 unspecified atom stereocenters. The lowest BCUT2D eigenvalue weighted by atomic mass is 10.1. The van der Waals surface area contributed by atoms with Crippen molar-refractivity contribution in [3.63, 3.8) is 0 Å². The number of aromatic nitrogens is 1. The molecule has 3 aromatic rings. The van der Waals surface area contributed by atoms with Crippen LogP contribution in [0.2, 0.25) is 0 Å². The number of nitrogens with zero attached hydrogens (tertiary/aromatic N) is 1. The first-order valence-corrected chi connectivity index (χ1v) is 6.36. The summed E-state index contributed by atoms with van der Waals surface area (Å²) in [5.74, 6) is -3.03. The van der Waals surface area contributed by atoms with E-state index in [9.17, 15) is 18.0 Å². The molecule has 2 aromatic carbocycles. The minimum Gasteiger partial charge on any atom is -0.321 e. The van der Waals surface area contributed by atoms with Gasteiger partial charge in [0, 0.05) is 17.6 Å². The van der Waals surface area contributed by atoms with E-state index >= 15 is 0 Å². The van der Waals surface area contributed by atoms with Crippen LogP contribution in [-0.4, -0.2) is 10.9 Å². The van der Waals surface area contributed by atoms with Crippen molar-refractivity contribution in [1.29, 1.82) is 0 Å². The van der Waals surface area contributed by atoms with Gasteiger partial charge in [0.15, 0.2) is 5.82 Å². The third-order valence-electron chi connectivity index (χ3n) is 3.13. The van der Waals surface area contributed by atoms with Gasteiger partial charge in [0.05, 0.1) is 11.3 Å². The van der Waals surface area contributed by atoms with E-state index in [2.05, 4.69) is 10.3 Å². The number of carbonyl (C=O) groups excluding carboxylic acids is 1. The van der Waals surface area contributed by atoms with Crippen molar-refractivity contribution >= 4 is 22.5 Å². The molecule has 0 aliphatic carbocycles. The van der Waals surface area contributed by atoms with Crippen LogP contribution in [0.5, 0.6) is 0 Å². The van der Waals surface area contributed by atoms with E-state index in [4.69, 9.17) is 0 Å². The Labute approximate surface area is 123 Å². The van der Waals surface area contributed by atoms with Crippen LogP contribution in [0.15, 0.2) is 48.7 Å². The van der Waals surface area contributed by atoms with Gasteiger partial charge in [-0.1, -0.05) is 12.1 Å². The number of carbonyl (C=O) groups is 1. The van der Waals surface area contributed by atoms with Crippen molar-refractivity contribution in [2.75, 3.05) is 5.32 Å². The zero-order valence-corrected chi connectivity index (χ0v) is 11.1. The van der Waals surface area contributed by atoms with Crippen molar-refractivity contribution in [1.82, 2.24) is 4.98 Å². The fraction of sp³-hybridized carbons (Fsp3) is 0. The maximum Gasteiger partial charge on any atom is 0.258 e. The summed E-state index contributed by atoms with van der Waals surface area (Å²) in [4.78, 5) is 15.9. The molecule has 0 radical (unpaired) electrons. The summed E-state index contributed by atoms with van der Waals surface area (Å²) in [6, 6.07) is 8.59. The summed E-state index contributed by atoms with van der Waals surface area (Å²) in [7, 11) is 0. The Morgan fingerprint density at radius 2 is 1.77 bits per heavy atom. The van der Waals surface area contributed by atoms with Gasteiger partial charge in [-0.15, -0.1) is 0 Å². The van der Waals surface area contributed by atoms with Gasteiger partial charge in [-0.2, -0.15) is 0 Å². The molecule has 3 rings (SSSR count). The summed E-state index contributed by atoms with van der Waals surface area (Å²) in [6.07, 6.45) is 1.28. The summed E-state index contributed by atoms with van der Waals surface area (Å²) in [5.41, 5.74) is -0.0891. The molecule has 110 valence electrons. The van der Waals surface area contributed by atoms with Crippen LogP contribution >= 0.6 is 0 Å². The van der Waals surface area contributed by atoms with Gasteiger partial charge in [0.25, 0.3) is 5.91 Å². The smallest absolute Gasteiger partial charge is 0.258 e. The largest absolute Gasteiger partial charge is 0.321 e. The minimum absolute atomic E-state index is 0.0762. The van der Waals surface area contributed by atoms with E-state index in [1.54, 1.807) is 0 Å². The number of pyridine rings is 1. The molecule has 1 amide bonds. The molecule has 6 heteroatoms. The second kappa shape index (κ2) is 5.48. The highest BCUT2D eigenvalue weighted by Crippen LogP contribution is 2.25. The number of rotatable bonds is 2. The number of halogens is 3. The Morgan fingerprint density at radius 3 is 2.55 bits per heavy atom. The van der Waals surface area contributed by atoms with Gasteiger partial charge in [0.2, 0.25) is 0 Å². The molecule has 0 saturated heterocycles. The SMILES string of the molecule is O=C(Nc1ccnc2c(F)cc(F)cc12)c1ccccc1F. The maximum absolute atomic E-state index is 13.7. The highest BCUT2D eigenvalue weighted by molar-refractivity contribution is 6.08. The van der Waals surface area contributed by atoms with Crippen LogP contribution in [0.4, 0.5) is 18.9 Å². The zero-order valence-electron chi connectivity index (χ0n) is 11.1. The molecular formula is C16H9F3N2O. The molecule has 22 heavy (non-hydrogen) atoms. The standard InChI is InChI=1S/C16H9F3N2O/c17-9-7-11-14(5-6-20-15(11)13(19)8-9)21-16(22)10-3-1-2-4-12(10)18/h1-8H,(H,20,21,22). The molecule has 0 aliphatic rings. The first kappa shape index (κ1) is 14.1. The van der Waals surface area contributed by atoms with E-state index in [0.717, 1.165) is 12.1 Å². The Kier molecular flexibility index (Phi) is 3.50. The second-order valence-electron chi connectivity index (χ2n) is 4.58. The molecule has 0 atom stereocenters. The second-order valence-corrected chi connectivity index (χ2v) is 4.58. The summed E-state index contributed by atoms with van der Waals surface area (Å²) in [6.45, 7) is 0. The van der Waals surface area contributed by atoms with Crippen molar-refractivity contribution in [2.24, 2.45) is 0 Å². The average molecular weight is 302 g/mol. The molecule has 0 aliphatic heterocycles. The van der Waals surface area contributed by atoms with Gasteiger partial charge >= 0.3 is 0 Å². The van der Waals surface area contributed by atoms with Crippen LogP contribution in [0, 0.1) is 17.5 Å². The molecule has 0 spiro atoms. The molecule has 1 N–H and O–H groups in total. The lowest BCUT2D eigenvalue weighted by molar-refractivity contribution is 0.102. The van der Waals surface area contributed by atoms with Gasteiger partial charge in [-0.3, -0.25) is 9.78 Å². The van der Waals surface area contributed by atoms with Gasteiger partial charge in [-0.05, 0) is 24.3 Å². The maximum atomic E-state index is 13.7. The lowest BCUT2D eigenvalue weighted by Crippen LogP contribution is -2.14. The van der Waals surface area contributed by atoms with Crippen LogP contribution in [-0.2, 0) is 0 Å². The monoisotopic (exact) mass is 302 g/mol. The van der Waals surface area contributed by atoms with E-state index in [0.29, 0.717) is 6.07 Å². The predicted molar refractivity (Wildman–Crippen MR) is 76.0 cm³/mol. The third kappa shape index (κ3) is 2.50. The number of nitrogens with one attached hydrogen (secondary N) is 1. The molecule has 0 bridgehead atoms. The fourth-order valence-electron chi connectivity index (χ4n) is 2.12. The van der Waals surface area contributed by atoms with Crippen LogP contribution in [0.3, 0.4) is 0 Å². The average Bonchev–Trinajstić information content (AvgIpc) is 2.48. The number of amides is 1. The molecule has 0 fully saturated rings. The molecular weight excluding hydrogens is 293 g/mol. The highest BCUT2D eigenvalue weighted by atomic mass is 19.1. The third-order valence-corrected chi connectivity index (χ3v) is 3.13. The first-order valence-electron chi connectivity index (χ1n) is 6.36. The zero-order chi connectivity index (χ0) is 15.7. The van der Waals surface area contributed by atoms with Gasteiger partial charge < -0.3 is 5.32 Å². The highest BCUT2D eigenvalue weighted by Gasteiger charge is 2.14. The van der Waals surface area contributed by atoms with Crippen LogP contribution in [0.25, 0.3) is 10.9 Å². The molecule has 3 nitrogen and oxygen atoms in total. The Balaban J connectivity index is 2.05. The lowest BCUT2D eigenvalue weighted by Gasteiger charge is -2.09. The minimum atomic E-state index is -0.836. The Hall–Kier alpha value is -2.89. The number of hydrogen-bond acceptors (Lipinski definition) is 2. The van der Waals surface area contributed by atoms with Gasteiger partial charge in [-0.25, -0.2) is 13.2 Å². The molecule has 0 saturated carbocycles. The van der Waals surface area contributed by atoms with E-state index < -0.39 is 23.4 Å². The van der Waals surface area contributed by atoms with E-state index in [1.807, 2.05) is 0 Å². The summed E-state index contributed by atoms with van der Waals surface area (Å²) in [5, 5.41) is 2.55. The summed E-state index contributed by atoms with van der Waals surface area (Å²) < 4.78 is 40.6. The van der Waals surface area contributed by atoms with Crippen LogP contribution in [0.1, 0.15) is 10.4 Å². The van der Waals surface area contributed by atoms with Crippen LogP contribution < -0.4 is 5.32 Å². The normalized spacial score (nSPS) is 10.7. The topological polar surface area (TPSA) is 42.0 Å². The first-order chi connectivity index (χ1) is 10.6. The molecule has 1 heterocycles. The number of benzene rings is 2. The predicted octanol–water partition coefficient (Wildman–Crippen LogP) is 3.90. The Bertz CT molecular complexity index is 880. The number of fused-ring (bicyclic) bond motifs is 1. The summed E-state index contributed by atoms with van der Waals surface area (Å²) >= 11 is 0. The van der Waals surface area contributed by atoms with E-state index in [-0.39, 0.29) is 22.2 Å². The number of hydrogen-bond donors (Lipinski definition) is 1. The van der Waals surface area contributed by atoms with E-state index in [1.165, 1.54) is 30.5 Å². The molecule has 1 aromatic heterocycles. The quantitative estimate of drug-likeness (QED) is 0.780. The fourth-order valence-corrected chi connectivity index (χ4v) is 2.12. The van der Waals surface area contributed by atoms with Crippen molar-refractivity contribution in [3.8, 4) is 0 Å². The Morgan fingerprint density at radius 1 is 1.00 bits per heavy atom. The number of anilines is 1. The van der Waals surface area contributed by atoms with Crippen molar-refractivity contribution in [2.45, 2.75) is 0 Å². The van der Waals surface area contributed by atoms with Crippen molar-refractivity contribution in [3.05, 3.63) is 71.7 Å². The van der Waals surface area contributed by atoms with Crippen molar-refractivity contribution < 1.29 is 18.0 Å².